The van der Waals surface area contributed by atoms with Gasteiger partial charge >= 0.3 is 0 Å². The van der Waals surface area contributed by atoms with Crippen LogP contribution in [0.4, 0.5) is 5.69 Å². The molecule has 0 unspecified atom stereocenters. The van der Waals surface area contributed by atoms with Crippen molar-refractivity contribution in [2.24, 2.45) is 5.10 Å². The van der Waals surface area contributed by atoms with Gasteiger partial charge in [0.05, 0.1) is 25.6 Å². The van der Waals surface area contributed by atoms with Gasteiger partial charge in [0.1, 0.15) is 11.5 Å². The molecule has 0 saturated carbocycles. The van der Waals surface area contributed by atoms with Crippen molar-refractivity contribution in [3.63, 3.8) is 0 Å². The van der Waals surface area contributed by atoms with Crippen molar-refractivity contribution in [1.29, 1.82) is 5.26 Å². The van der Waals surface area contributed by atoms with Crippen LogP contribution in [0, 0.1) is 11.3 Å². The van der Waals surface area contributed by atoms with E-state index in [1.165, 1.54) is 9.91 Å². The Morgan fingerprint density at radius 3 is 2.57 bits per heavy atom. The molecule has 0 bridgehead atoms. The van der Waals surface area contributed by atoms with E-state index in [0.29, 0.717) is 30.3 Å². The molecule has 0 aromatic heterocycles. The lowest BCUT2D eigenvalue weighted by atomic mass is 10.1. The van der Waals surface area contributed by atoms with E-state index in [9.17, 15) is 9.59 Å². The molecule has 2 amide bonds. The zero-order chi connectivity index (χ0) is 21.3. The van der Waals surface area contributed by atoms with E-state index in [0.717, 1.165) is 5.56 Å². The van der Waals surface area contributed by atoms with Crippen LogP contribution < -0.4 is 9.64 Å². The molecule has 0 spiro atoms. The van der Waals surface area contributed by atoms with Gasteiger partial charge in [0.15, 0.2) is 0 Å². The smallest absolute Gasteiger partial charge is 0.274 e. The number of hydrogen-bond donors (Lipinski definition) is 0. The average Bonchev–Trinajstić information content (AvgIpc) is 2.77. The first-order valence-corrected chi connectivity index (χ1v) is 9.95. The maximum absolute atomic E-state index is 13.2. The third-order valence-corrected chi connectivity index (χ3v) is 4.68. The topological polar surface area (TPSA) is 86.0 Å². The minimum atomic E-state index is -0.292. The van der Waals surface area contributed by atoms with E-state index in [-0.39, 0.29) is 37.6 Å². The molecule has 0 radical (unpaired) electrons. The fraction of sp³-hybridized carbons (Fsp3) is 0.304. The summed E-state index contributed by atoms with van der Waals surface area (Å²) < 4.78 is 5.46. The number of anilines is 1. The predicted molar refractivity (Wildman–Crippen MR) is 114 cm³/mol. The van der Waals surface area contributed by atoms with Crippen LogP contribution in [0.25, 0.3) is 0 Å². The number of hydrogen-bond acceptors (Lipinski definition) is 5. The Hall–Kier alpha value is -3.66. The molecule has 1 aliphatic rings. The van der Waals surface area contributed by atoms with Gasteiger partial charge in [-0.2, -0.15) is 10.4 Å². The molecule has 30 heavy (non-hydrogen) atoms. The number of nitrogens with zero attached hydrogens (tertiary/aromatic N) is 4. The summed E-state index contributed by atoms with van der Waals surface area (Å²) >= 11 is 0. The van der Waals surface area contributed by atoms with E-state index in [1.54, 1.807) is 24.3 Å². The number of benzene rings is 2. The van der Waals surface area contributed by atoms with Crippen molar-refractivity contribution >= 4 is 23.2 Å². The largest absolute Gasteiger partial charge is 0.494 e. The fourth-order valence-corrected chi connectivity index (χ4v) is 3.19. The highest BCUT2D eigenvalue weighted by Gasteiger charge is 2.28. The first kappa shape index (κ1) is 21.1. The summed E-state index contributed by atoms with van der Waals surface area (Å²) in [6.45, 7) is 3.02. The number of rotatable bonds is 8. The van der Waals surface area contributed by atoms with E-state index >= 15 is 0 Å². The molecule has 2 aromatic carbocycles. The standard InChI is InChI=1S/C23H24N4O3/c1-2-30-20-11-9-19(10-12-20)26(16-6-15-24)23(29)21-13-14-22(28)27(25-21)17-18-7-4-3-5-8-18/h3-5,7-12H,2,6,13-14,16-17H2,1H3. The van der Waals surface area contributed by atoms with Crippen molar-refractivity contribution < 1.29 is 14.3 Å². The van der Waals surface area contributed by atoms with Gasteiger partial charge < -0.3 is 9.64 Å². The maximum Gasteiger partial charge on any atom is 0.274 e. The second-order valence-corrected chi connectivity index (χ2v) is 6.78. The van der Waals surface area contributed by atoms with Crippen molar-refractivity contribution in [3.8, 4) is 11.8 Å². The minimum Gasteiger partial charge on any atom is -0.494 e. The van der Waals surface area contributed by atoms with Gasteiger partial charge in [0.25, 0.3) is 5.91 Å². The van der Waals surface area contributed by atoms with Gasteiger partial charge in [-0.25, -0.2) is 5.01 Å². The summed E-state index contributed by atoms with van der Waals surface area (Å²) in [5, 5.41) is 14.7. The van der Waals surface area contributed by atoms with Gasteiger partial charge in [0.2, 0.25) is 5.91 Å². The van der Waals surface area contributed by atoms with Crippen molar-refractivity contribution in [2.45, 2.75) is 32.7 Å². The molecule has 2 aromatic rings. The van der Waals surface area contributed by atoms with Gasteiger partial charge in [0, 0.05) is 25.1 Å². The van der Waals surface area contributed by atoms with Gasteiger partial charge in [-0.05, 0) is 36.8 Å². The average molecular weight is 404 g/mol. The van der Waals surface area contributed by atoms with Gasteiger partial charge in [-0.15, -0.1) is 0 Å². The van der Waals surface area contributed by atoms with Crippen LogP contribution in [0.3, 0.4) is 0 Å². The summed E-state index contributed by atoms with van der Waals surface area (Å²) in [5.41, 5.74) is 1.92. The molecular weight excluding hydrogens is 380 g/mol. The molecule has 0 aliphatic carbocycles. The molecule has 0 N–H and O–H groups in total. The number of carbonyl (C=O) groups is 2. The highest BCUT2D eigenvalue weighted by Crippen LogP contribution is 2.22. The van der Waals surface area contributed by atoms with Crippen LogP contribution in [0.5, 0.6) is 5.75 Å². The van der Waals surface area contributed by atoms with Crippen LogP contribution in [-0.2, 0) is 16.1 Å². The Kier molecular flexibility index (Phi) is 7.17. The number of carbonyl (C=O) groups excluding carboxylic acids is 2. The Balaban J connectivity index is 1.82. The third-order valence-electron chi connectivity index (χ3n) is 4.68. The Labute approximate surface area is 176 Å². The molecule has 1 heterocycles. The van der Waals surface area contributed by atoms with Crippen molar-refractivity contribution in [3.05, 3.63) is 60.2 Å². The second-order valence-electron chi connectivity index (χ2n) is 6.78. The zero-order valence-electron chi connectivity index (χ0n) is 17.0. The molecule has 1 aliphatic heterocycles. The highest BCUT2D eigenvalue weighted by molar-refractivity contribution is 6.44. The molecule has 7 nitrogen and oxygen atoms in total. The van der Waals surface area contributed by atoms with Gasteiger partial charge in [-0.1, -0.05) is 30.3 Å². The summed E-state index contributed by atoms with van der Waals surface area (Å²) in [6, 6.07) is 18.8. The van der Waals surface area contributed by atoms with Crippen LogP contribution in [0.15, 0.2) is 59.7 Å². The first-order chi connectivity index (χ1) is 14.6. The quantitative estimate of drug-likeness (QED) is 0.674. The molecular formula is C23H24N4O3. The number of hydrazone groups is 1. The van der Waals surface area contributed by atoms with E-state index in [4.69, 9.17) is 10.00 Å². The monoisotopic (exact) mass is 404 g/mol. The summed E-state index contributed by atoms with van der Waals surface area (Å²) in [6.07, 6.45) is 0.703. The molecule has 3 rings (SSSR count). The van der Waals surface area contributed by atoms with Crippen molar-refractivity contribution in [2.75, 3.05) is 18.1 Å². The minimum absolute atomic E-state index is 0.111. The number of amides is 2. The fourth-order valence-electron chi connectivity index (χ4n) is 3.19. The Morgan fingerprint density at radius 1 is 1.17 bits per heavy atom. The van der Waals surface area contributed by atoms with Crippen LogP contribution in [-0.4, -0.2) is 35.7 Å². The number of ether oxygens (including phenoxy) is 1. The van der Waals surface area contributed by atoms with Crippen LogP contribution in [0.1, 0.15) is 31.7 Å². The van der Waals surface area contributed by atoms with Crippen molar-refractivity contribution in [1.82, 2.24) is 5.01 Å². The predicted octanol–water partition coefficient (Wildman–Crippen LogP) is 3.51. The molecule has 154 valence electrons. The van der Waals surface area contributed by atoms with Crippen LogP contribution >= 0.6 is 0 Å². The van der Waals surface area contributed by atoms with E-state index in [1.807, 2.05) is 37.3 Å². The van der Waals surface area contributed by atoms with E-state index < -0.39 is 0 Å². The second kappa shape index (κ2) is 10.2. The highest BCUT2D eigenvalue weighted by atomic mass is 16.5. The normalized spacial score (nSPS) is 13.4. The van der Waals surface area contributed by atoms with Crippen LogP contribution in [0.2, 0.25) is 0 Å². The first-order valence-electron chi connectivity index (χ1n) is 9.95. The molecule has 0 atom stereocenters. The van der Waals surface area contributed by atoms with Gasteiger partial charge in [-0.3, -0.25) is 9.59 Å². The lowest BCUT2D eigenvalue weighted by molar-refractivity contribution is -0.132. The molecule has 7 heteroatoms. The third kappa shape index (κ3) is 5.23. The zero-order valence-corrected chi connectivity index (χ0v) is 17.0. The SMILES string of the molecule is CCOc1ccc(N(CCC#N)C(=O)C2=NN(Cc3ccccc3)C(=O)CC2)cc1. The Bertz CT molecular complexity index is 949. The lowest BCUT2D eigenvalue weighted by Crippen LogP contribution is -2.42. The lowest BCUT2D eigenvalue weighted by Gasteiger charge is -2.27. The maximum atomic E-state index is 13.2. The molecule has 0 saturated heterocycles. The van der Waals surface area contributed by atoms with E-state index in [2.05, 4.69) is 11.2 Å². The molecule has 0 fully saturated rings. The Morgan fingerprint density at radius 2 is 1.90 bits per heavy atom. The summed E-state index contributed by atoms with van der Waals surface area (Å²) in [5.74, 6) is 0.309. The summed E-state index contributed by atoms with van der Waals surface area (Å²) in [4.78, 5) is 27.1. The number of nitriles is 1. The summed E-state index contributed by atoms with van der Waals surface area (Å²) in [7, 11) is 0.